The Kier molecular flexibility index (Phi) is 5.78. The largest absolute Gasteiger partial charge is 0.497 e. The number of benzene rings is 4. The second-order valence-corrected chi connectivity index (χ2v) is 10.7. The summed E-state index contributed by atoms with van der Waals surface area (Å²) in [7, 11) is 1.72. The second-order valence-electron chi connectivity index (χ2n) is 10.7. The molecule has 4 heterocycles. The van der Waals surface area contributed by atoms with Crippen LogP contribution in [-0.2, 0) is 0 Å². The zero-order valence-electron chi connectivity index (χ0n) is 21.7. The SMILES string of the molecule is C=CC1CN2CCC1CC2[C@@H](Oc1cc2ccccc2c2ccccc12)c1ccnc2ccc(OC)cc12. The molecule has 4 aromatic carbocycles. The predicted octanol–water partition coefficient (Wildman–Crippen LogP) is 7.57. The van der Waals surface area contributed by atoms with E-state index in [1.54, 1.807) is 7.11 Å². The fraction of sp³-hybridized carbons (Fsp3) is 0.265. The average molecular weight is 501 g/mol. The summed E-state index contributed by atoms with van der Waals surface area (Å²) in [6.45, 7) is 6.29. The van der Waals surface area contributed by atoms with Crippen molar-refractivity contribution in [3.05, 3.63) is 103 Å². The Hall–Kier alpha value is -3.89. The Morgan fingerprint density at radius 3 is 2.55 bits per heavy atom. The van der Waals surface area contributed by atoms with Gasteiger partial charge in [-0.05, 0) is 77.7 Å². The smallest absolute Gasteiger partial charge is 0.140 e. The molecule has 1 aromatic heterocycles. The molecule has 0 N–H and O–H groups in total. The molecular formula is C34H32N2O2. The summed E-state index contributed by atoms with van der Waals surface area (Å²) >= 11 is 0. The number of methoxy groups -OCH3 is 1. The Morgan fingerprint density at radius 1 is 0.947 bits per heavy atom. The molecule has 3 aliphatic rings. The summed E-state index contributed by atoms with van der Waals surface area (Å²) < 4.78 is 12.8. The number of nitrogens with zero attached hydrogens (tertiary/aromatic N) is 2. The van der Waals surface area contributed by atoms with Crippen LogP contribution in [0.4, 0.5) is 0 Å². The first kappa shape index (κ1) is 23.2. The van der Waals surface area contributed by atoms with Crippen molar-refractivity contribution in [2.45, 2.75) is 25.0 Å². The number of pyridine rings is 1. The maximum Gasteiger partial charge on any atom is 0.140 e. The maximum absolute atomic E-state index is 7.23. The van der Waals surface area contributed by atoms with E-state index < -0.39 is 0 Å². The normalized spacial score (nSPS) is 23.5. The summed E-state index contributed by atoms with van der Waals surface area (Å²) in [6, 6.07) is 27.9. The molecule has 3 aliphatic heterocycles. The number of rotatable bonds is 6. The molecule has 0 aliphatic carbocycles. The first-order chi connectivity index (χ1) is 18.7. The van der Waals surface area contributed by atoms with Crippen LogP contribution in [-0.4, -0.2) is 36.1 Å². The van der Waals surface area contributed by atoms with Crippen LogP contribution in [0.25, 0.3) is 32.4 Å². The van der Waals surface area contributed by atoms with Crippen LogP contribution in [0.2, 0.25) is 0 Å². The van der Waals surface area contributed by atoms with E-state index in [0.717, 1.165) is 47.3 Å². The van der Waals surface area contributed by atoms with E-state index in [2.05, 4.69) is 89.3 Å². The highest BCUT2D eigenvalue weighted by molar-refractivity contribution is 6.10. The van der Waals surface area contributed by atoms with Crippen molar-refractivity contribution < 1.29 is 9.47 Å². The molecule has 4 heteroatoms. The molecule has 190 valence electrons. The fourth-order valence-electron chi connectivity index (χ4n) is 6.82. The van der Waals surface area contributed by atoms with E-state index in [9.17, 15) is 0 Å². The summed E-state index contributed by atoms with van der Waals surface area (Å²) in [6.07, 6.45) is 6.25. The van der Waals surface area contributed by atoms with Gasteiger partial charge in [0.25, 0.3) is 0 Å². The monoisotopic (exact) mass is 500 g/mol. The van der Waals surface area contributed by atoms with E-state index in [1.165, 1.54) is 28.1 Å². The third kappa shape index (κ3) is 3.83. The molecule has 3 saturated heterocycles. The molecule has 4 nitrogen and oxygen atoms in total. The zero-order chi connectivity index (χ0) is 25.6. The average Bonchev–Trinajstić information content (AvgIpc) is 2.99. The first-order valence-corrected chi connectivity index (χ1v) is 13.6. The molecule has 38 heavy (non-hydrogen) atoms. The second kappa shape index (κ2) is 9.45. The van der Waals surface area contributed by atoms with E-state index in [0.29, 0.717) is 11.8 Å². The van der Waals surface area contributed by atoms with Gasteiger partial charge in [-0.3, -0.25) is 9.88 Å². The summed E-state index contributed by atoms with van der Waals surface area (Å²) in [4.78, 5) is 7.31. The van der Waals surface area contributed by atoms with Gasteiger partial charge in [-0.1, -0.05) is 54.6 Å². The highest BCUT2D eigenvalue weighted by Crippen LogP contribution is 2.45. The fourth-order valence-corrected chi connectivity index (χ4v) is 6.82. The minimum absolute atomic E-state index is 0.147. The molecule has 0 saturated carbocycles. The molecule has 0 spiro atoms. The lowest BCUT2D eigenvalue weighted by atomic mass is 9.73. The van der Waals surface area contributed by atoms with Crippen molar-refractivity contribution in [3.8, 4) is 11.5 Å². The van der Waals surface area contributed by atoms with Crippen LogP contribution in [0.3, 0.4) is 0 Å². The van der Waals surface area contributed by atoms with Gasteiger partial charge < -0.3 is 9.47 Å². The van der Waals surface area contributed by atoms with Crippen LogP contribution < -0.4 is 9.47 Å². The van der Waals surface area contributed by atoms with Gasteiger partial charge in [0, 0.05) is 29.1 Å². The maximum atomic E-state index is 7.23. The van der Waals surface area contributed by atoms with Gasteiger partial charge >= 0.3 is 0 Å². The standard InChI is InChI=1S/C34H32N2O2/c1-3-22-21-36-17-15-23(22)18-32(36)34(29-14-16-35-31-13-12-25(37-2)20-30(29)31)38-33-19-24-8-4-5-9-26(24)27-10-6-7-11-28(27)33/h3-14,16,19-20,22-23,32,34H,1,15,17-18,21H2,2H3/t22?,23?,32?,34-/m0/s1. The lowest BCUT2D eigenvalue weighted by Crippen LogP contribution is -2.55. The molecule has 5 aromatic rings. The van der Waals surface area contributed by atoms with Crippen molar-refractivity contribution in [2.24, 2.45) is 11.8 Å². The quantitative estimate of drug-likeness (QED) is 0.178. The summed E-state index contributed by atoms with van der Waals surface area (Å²) in [5.41, 5.74) is 2.12. The molecule has 5 atom stereocenters. The van der Waals surface area contributed by atoms with Crippen LogP contribution in [0.15, 0.2) is 97.7 Å². The molecule has 3 fully saturated rings. The summed E-state index contributed by atoms with van der Waals surface area (Å²) in [5.74, 6) is 2.96. The number of fused-ring (bicyclic) bond motifs is 7. The Morgan fingerprint density at radius 2 is 1.76 bits per heavy atom. The number of hydrogen-bond donors (Lipinski definition) is 0. The number of piperidine rings is 3. The lowest BCUT2D eigenvalue weighted by molar-refractivity contribution is -0.0352. The molecule has 0 radical (unpaired) electrons. The van der Waals surface area contributed by atoms with Crippen molar-refractivity contribution in [3.63, 3.8) is 0 Å². The molecule has 4 unspecified atom stereocenters. The Bertz CT molecular complexity index is 1660. The molecule has 2 bridgehead atoms. The van der Waals surface area contributed by atoms with Gasteiger partial charge in [0.15, 0.2) is 0 Å². The molecular weight excluding hydrogens is 468 g/mol. The van der Waals surface area contributed by atoms with Crippen molar-refractivity contribution >= 4 is 32.4 Å². The third-order valence-electron chi connectivity index (χ3n) is 8.78. The van der Waals surface area contributed by atoms with E-state index in [1.807, 2.05) is 18.3 Å². The van der Waals surface area contributed by atoms with Gasteiger partial charge in [0.05, 0.1) is 18.7 Å². The molecule has 8 rings (SSSR count). The number of aromatic nitrogens is 1. The van der Waals surface area contributed by atoms with E-state index in [-0.39, 0.29) is 12.1 Å². The van der Waals surface area contributed by atoms with Gasteiger partial charge in [0.1, 0.15) is 17.6 Å². The highest BCUT2D eigenvalue weighted by atomic mass is 16.5. The van der Waals surface area contributed by atoms with Crippen LogP contribution in [0.5, 0.6) is 11.5 Å². The van der Waals surface area contributed by atoms with E-state index >= 15 is 0 Å². The van der Waals surface area contributed by atoms with Gasteiger partial charge in [-0.15, -0.1) is 6.58 Å². The first-order valence-electron chi connectivity index (χ1n) is 13.6. The van der Waals surface area contributed by atoms with Crippen LogP contribution in [0, 0.1) is 11.8 Å². The Balaban J connectivity index is 1.41. The lowest BCUT2D eigenvalue weighted by Gasteiger charge is -2.51. The highest BCUT2D eigenvalue weighted by Gasteiger charge is 2.44. The van der Waals surface area contributed by atoms with Gasteiger partial charge in [0.2, 0.25) is 0 Å². The minimum atomic E-state index is -0.147. The van der Waals surface area contributed by atoms with Crippen LogP contribution in [0.1, 0.15) is 24.5 Å². The van der Waals surface area contributed by atoms with E-state index in [4.69, 9.17) is 9.47 Å². The number of hydrogen-bond acceptors (Lipinski definition) is 4. The summed E-state index contributed by atoms with van der Waals surface area (Å²) in [5, 5.41) is 5.90. The Labute approximate surface area is 223 Å². The minimum Gasteiger partial charge on any atom is -0.497 e. The number of ether oxygens (including phenoxy) is 2. The van der Waals surface area contributed by atoms with Gasteiger partial charge in [-0.2, -0.15) is 0 Å². The molecule has 0 amide bonds. The van der Waals surface area contributed by atoms with Crippen LogP contribution >= 0.6 is 0 Å². The van der Waals surface area contributed by atoms with Crippen molar-refractivity contribution in [1.29, 1.82) is 0 Å². The van der Waals surface area contributed by atoms with Crippen molar-refractivity contribution in [1.82, 2.24) is 9.88 Å². The van der Waals surface area contributed by atoms with Gasteiger partial charge in [-0.25, -0.2) is 0 Å². The topological polar surface area (TPSA) is 34.6 Å². The van der Waals surface area contributed by atoms with Crippen molar-refractivity contribution in [2.75, 3.05) is 20.2 Å². The predicted molar refractivity (Wildman–Crippen MR) is 155 cm³/mol. The third-order valence-corrected chi connectivity index (χ3v) is 8.78. The zero-order valence-corrected chi connectivity index (χ0v) is 21.7.